The number of benzene rings is 1. The molecule has 1 aromatic heterocycles. The van der Waals surface area contributed by atoms with E-state index in [-0.39, 0.29) is 11.9 Å². The molecule has 2 rings (SSSR count). The standard InChI is InChI=1S/C13H14FN3O/c1-18-13-12(16-6-7-17-13)11(15)8-9-2-4-10(14)5-3-9/h2-7,11H,8,15H2,1H3. The maximum absolute atomic E-state index is 12.8. The van der Waals surface area contributed by atoms with Crippen molar-refractivity contribution >= 4 is 0 Å². The van der Waals surface area contributed by atoms with E-state index >= 15 is 0 Å². The highest BCUT2D eigenvalue weighted by molar-refractivity contribution is 5.24. The average Bonchev–Trinajstić information content (AvgIpc) is 2.41. The summed E-state index contributed by atoms with van der Waals surface area (Å²) in [6, 6.07) is 5.90. The molecule has 2 N–H and O–H groups in total. The number of hydrogen-bond donors (Lipinski definition) is 1. The first-order valence-corrected chi connectivity index (χ1v) is 5.55. The fraction of sp³-hybridized carbons (Fsp3) is 0.231. The molecule has 0 aliphatic heterocycles. The summed E-state index contributed by atoms with van der Waals surface area (Å²) in [5.74, 6) is 0.163. The van der Waals surface area contributed by atoms with E-state index in [9.17, 15) is 4.39 Å². The maximum Gasteiger partial charge on any atom is 0.236 e. The van der Waals surface area contributed by atoms with Crippen molar-refractivity contribution in [3.63, 3.8) is 0 Å². The summed E-state index contributed by atoms with van der Waals surface area (Å²) in [7, 11) is 1.53. The van der Waals surface area contributed by atoms with Crippen molar-refractivity contribution in [2.75, 3.05) is 7.11 Å². The molecule has 1 aromatic carbocycles. The number of nitrogens with two attached hydrogens (primary N) is 1. The Labute approximate surface area is 105 Å². The largest absolute Gasteiger partial charge is 0.480 e. The summed E-state index contributed by atoms with van der Waals surface area (Å²) >= 11 is 0. The van der Waals surface area contributed by atoms with E-state index in [0.717, 1.165) is 5.56 Å². The predicted molar refractivity (Wildman–Crippen MR) is 65.6 cm³/mol. The van der Waals surface area contributed by atoms with Crippen LogP contribution in [0.4, 0.5) is 4.39 Å². The Kier molecular flexibility index (Phi) is 3.84. The second-order valence-corrected chi connectivity index (χ2v) is 3.89. The van der Waals surface area contributed by atoms with Gasteiger partial charge in [-0.05, 0) is 24.1 Å². The SMILES string of the molecule is COc1nccnc1C(N)Cc1ccc(F)cc1. The van der Waals surface area contributed by atoms with Gasteiger partial charge in [0, 0.05) is 12.4 Å². The summed E-state index contributed by atoms with van der Waals surface area (Å²) < 4.78 is 17.9. The topological polar surface area (TPSA) is 61.0 Å². The zero-order valence-electron chi connectivity index (χ0n) is 10.0. The Morgan fingerprint density at radius 2 is 1.89 bits per heavy atom. The van der Waals surface area contributed by atoms with Crippen molar-refractivity contribution in [2.45, 2.75) is 12.5 Å². The number of ether oxygens (including phenoxy) is 1. The lowest BCUT2D eigenvalue weighted by atomic mass is 10.0. The van der Waals surface area contributed by atoms with Crippen LogP contribution in [0.5, 0.6) is 5.88 Å². The Bertz CT molecular complexity index is 516. The molecule has 0 amide bonds. The van der Waals surface area contributed by atoms with Crippen molar-refractivity contribution in [3.8, 4) is 5.88 Å². The molecule has 0 fully saturated rings. The number of methoxy groups -OCH3 is 1. The molecule has 4 nitrogen and oxygen atoms in total. The number of hydrogen-bond acceptors (Lipinski definition) is 4. The fourth-order valence-electron chi connectivity index (χ4n) is 1.72. The van der Waals surface area contributed by atoms with Crippen LogP contribution in [0.25, 0.3) is 0 Å². The van der Waals surface area contributed by atoms with Gasteiger partial charge in [0.1, 0.15) is 11.5 Å². The molecule has 0 spiro atoms. The highest BCUT2D eigenvalue weighted by atomic mass is 19.1. The third-order valence-corrected chi connectivity index (χ3v) is 2.60. The molecule has 1 heterocycles. The van der Waals surface area contributed by atoms with Crippen LogP contribution in [-0.2, 0) is 6.42 Å². The van der Waals surface area contributed by atoms with Gasteiger partial charge < -0.3 is 10.5 Å². The van der Waals surface area contributed by atoms with Crippen molar-refractivity contribution in [2.24, 2.45) is 5.73 Å². The monoisotopic (exact) mass is 247 g/mol. The molecular formula is C13H14FN3O. The van der Waals surface area contributed by atoms with E-state index in [4.69, 9.17) is 10.5 Å². The van der Waals surface area contributed by atoms with Gasteiger partial charge in [0.25, 0.3) is 0 Å². The third-order valence-electron chi connectivity index (χ3n) is 2.60. The molecule has 5 heteroatoms. The molecule has 1 atom stereocenters. The first-order chi connectivity index (χ1) is 8.70. The van der Waals surface area contributed by atoms with Crippen LogP contribution in [-0.4, -0.2) is 17.1 Å². The highest BCUT2D eigenvalue weighted by Gasteiger charge is 2.14. The summed E-state index contributed by atoms with van der Waals surface area (Å²) in [5, 5.41) is 0. The van der Waals surface area contributed by atoms with Gasteiger partial charge >= 0.3 is 0 Å². The second kappa shape index (κ2) is 5.55. The number of nitrogens with zero attached hydrogens (tertiary/aromatic N) is 2. The Morgan fingerprint density at radius 1 is 1.22 bits per heavy atom. The summed E-state index contributed by atoms with van der Waals surface area (Å²) in [5.41, 5.74) is 7.61. The number of aromatic nitrogens is 2. The molecule has 0 aliphatic rings. The lowest BCUT2D eigenvalue weighted by Gasteiger charge is -2.13. The zero-order valence-corrected chi connectivity index (χ0v) is 10.0. The van der Waals surface area contributed by atoms with E-state index < -0.39 is 0 Å². The maximum atomic E-state index is 12.8. The van der Waals surface area contributed by atoms with E-state index in [1.54, 1.807) is 24.5 Å². The number of rotatable bonds is 4. The first-order valence-electron chi connectivity index (χ1n) is 5.55. The molecule has 1 unspecified atom stereocenters. The Hall–Kier alpha value is -2.01. The second-order valence-electron chi connectivity index (χ2n) is 3.89. The highest BCUT2D eigenvalue weighted by Crippen LogP contribution is 2.21. The van der Waals surface area contributed by atoms with Crippen molar-refractivity contribution in [3.05, 3.63) is 53.7 Å². The van der Waals surface area contributed by atoms with Crippen LogP contribution in [0.1, 0.15) is 17.3 Å². The van der Waals surface area contributed by atoms with Gasteiger partial charge in [0.2, 0.25) is 5.88 Å². The smallest absolute Gasteiger partial charge is 0.236 e. The quantitative estimate of drug-likeness (QED) is 0.895. The first kappa shape index (κ1) is 12.4. The molecule has 0 radical (unpaired) electrons. The fourth-order valence-corrected chi connectivity index (χ4v) is 1.72. The van der Waals surface area contributed by atoms with Gasteiger partial charge in [0.15, 0.2) is 0 Å². The minimum atomic E-state index is -0.334. The normalized spacial score (nSPS) is 12.2. The van der Waals surface area contributed by atoms with Gasteiger partial charge in [-0.1, -0.05) is 12.1 Å². The lowest BCUT2D eigenvalue weighted by molar-refractivity contribution is 0.384. The van der Waals surface area contributed by atoms with Crippen LogP contribution in [0.2, 0.25) is 0 Å². The van der Waals surface area contributed by atoms with Crippen LogP contribution in [0.15, 0.2) is 36.7 Å². The van der Waals surface area contributed by atoms with Crippen LogP contribution >= 0.6 is 0 Å². The van der Waals surface area contributed by atoms with Gasteiger partial charge in [-0.25, -0.2) is 9.37 Å². The molecular weight excluding hydrogens is 233 g/mol. The molecule has 0 bridgehead atoms. The van der Waals surface area contributed by atoms with Crippen molar-refractivity contribution in [1.29, 1.82) is 0 Å². The Balaban J connectivity index is 2.16. The minimum absolute atomic E-state index is 0.260. The van der Waals surface area contributed by atoms with Crippen LogP contribution in [0.3, 0.4) is 0 Å². The third kappa shape index (κ3) is 2.81. The molecule has 0 saturated heterocycles. The van der Waals surface area contributed by atoms with E-state index in [0.29, 0.717) is 18.0 Å². The minimum Gasteiger partial charge on any atom is -0.480 e. The van der Waals surface area contributed by atoms with E-state index in [1.807, 2.05) is 0 Å². The van der Waals surface area contributed by atoms with Crippen molar-refractivity contribution < 1.29 is 9.13 Å². The zero-order chi connectivity index (χ0) is 13.0. The summed E-state index contributed by atoms with van der Waals surface area (Å²) in [4.78, 5) is 8.23. The Morgan fingerprint density at radius 3 is 2.56 bits per heavy atom. The molecule has 94 valence electrons. The molecule has 18 heavy (non-hydrogen) atoms. The molecule has 0 aliphatic carbocycles. The molecule has 0 saturated carbocycles. The van der Waals surface area contributed by atoms with Crippen LogP contribution < -0.4 is 10.5 Å². The van der Waals surface area contributed by atoms with Crippen LogP contribution in [0, 0.1) is 5.82 Å². The molecule has 2 aromatic rings. The van der Waals surface area contributed by atoms with Crippen molar-refractivity contribution in [1.82, 2.24) is 9.97 Å². The predicted octanol–water partition coefficient (Wildman–Crippen LogP) is 1.87. The summed E-state index contributed by atoms with van der Waals surface area (Å²) in [6.45, 7) is 0. The average molecular weight is 247 g/mol. The summed E-state index contributed by atoms with van der Waals surface area (Å²) in [6.07, 6.45) is 3.67. The van der Waals surface area contributed by atoms with Gasteiger partial charge in [-0.3, -0.25) is 4.98 Å². The van der Waals surface area contributed by atoms with Gasteiger partial charge in [-0.2, -0.15) is 0 Å². The van der Waals surface area contributed by atoms with Gasteiger partial charge in [-0.15, -0.1) is 0 Å². The van der Waals surface area contributed by atoms with E-state index in [1.165, 1.54) is 19.2 Å². The number of halogens is 1. The lowest BCUT2D eigenvalue weighted by Crippen LogP contribution is -2.16. The van der Waals surface area contributed by atoms with E-state index in [2.05, 4.69) is 9.97 Å². The van der Waals surface area contributed by atoms with Gasteiger partial charge in [0.05, 0.1) is 13.2 Å².